The molecule has 1 aromatic rings. The lowest BCUT2D eigenvalue weighted by atomic mass is 10.2. The fourth-order valence-corrected chi connectivity index (χ4v) is 10.6. The summed E-state index contributed by atoms with van der Waals surface area (Å²) in [4.78, 5) is 1.60. The van der Waals surface area contributed by atoms with E-state index in [1.165, 1.54) is 10.9 Å². The molecule has 74 valence electrons. The molecule has 0 saturated carbocycles. The van der Waals surface area contributed by atoms with Gasteiger partial charge in [-0.25, -0.2) is 0 Å². The van der Waals surface area contributed by atoms with E-state index >= 15 is 0 Å². The predicted molar refractivity (Wildman–Crippen MR) is 69.5 cm³/mol. The molecule has 0 fully saturated rings. The van der Waals surface area contributed by atoms with Gasteiger partial charge in [-0.15, -0.1) is 0 Å². The molecule has 1 unspecified atom stereocenters. The Morgan fingerprint density at radius 2 is 1.64 bits per heavy atom. The molecule has 1 atom stereocenters. The fourth-order valence-electron chi connectivity index (χ4n) is 1.64. The van der Waals surface area contributed by atoms with E-state index in [0.717, 1.165) is 0 Å². The van der Waals surface area contributed by atoms with Crippen molar-refractivity contribution in [2.45, 2.75) is 19.6 Å². The highest BCUT2D eigenvalue weighted by Crippen LogP contribution is 2.79. The van der Waals surface area contributed by atoms with Crippen molar-refractivity contribution in [3.8, 4) is 0 Å². The van der Waals surface area contributed by atoms with Gasteiger partial charge in [0.1, 0.15) is 0 Å². The third kappa shape index (κ3) is 1.82. The number of halogens is 1. The molecule has 0 aliphatic carbocycles. The topological polar surface area (TPSA) is 0 Å². The molecule has 1 aliphatic heterocycles. The highest BCUT2D eigenvalue weighted by molar-refractivity contribution is 8.04. The van der Waals surface area contributed by atoms with Crippen LogP contribution in [0.5, 0.6) is 0 Å². The zero-order valence-corrected chi connectivity index (χ0v) is 11.4. The Labute approximate surface area is 92.5 Å². The van der Waals surface area contributed by atoms with Crippen LogP contribution >= 0.6 is 18.5 Å². The van der Waals surface area contributed by atoms with E-state index in [-0.39, 0.29) is 0 Å². The van der Waals surface area contributed by atoms with Crippen LogP contribution in [0, 0.1) is 0 Å². The molecule has 1 aliphatic rings. The van der Waals surface area contributed by atoms with Gasteiger partial charge in [0.15, 0.2) is 0 Å². The first-order valence-corrected chi connectivity index (χ1v) is 10.5. The second-order valence-corrected chi connectivity index (χ2v) is 12.5. The van der Waals surface area contributed by atoms with Crippen molar-refractivity contribution in [2.24, 2.45) is 0 Å². The van der Waals surface area contributed by atoms with Crippen molar-refractivity contribution in [2.75, 3.05) is 0 Å². The maximum absolute atomic E-state index is 6.36. The Balaban J connectivity index is 2.35. The zero-order chi connectivity index (χ0) is 10.3. The Morgan fingerprint density at radius 3 is 2.07 bits per heavy atom. The van der Waals surface area contributed by atoms with E-state index in [9.17, 15) is 0 Å². The van der Waals surface area contributed by atoms with Gasteiger partial charge in [0, 0.05) is 12.6 Å². The van der Waals surface area contributed by atoms with Crippen LogP contribution in [0.2, 0.25) is 19.6 Å². The molecule has 0 aromatic heterocycles. The molecule has 2 rings (SSSR count). The summed E-state index contributed by atoms with van der Waals surface area (Å²) in [7, 11) is -1.55. The summed E-state index contributed by atoms with van der Waals surface area (Å²) in [6, 6.07) is 10.6. The molecule has 0 N–H and O–H groups in total. The molecule has 1 aromatic carbocycles. The van der Waals surface area contributed by atoms with Crippen LogP contribution in [0.4, 0.5) is 0 Å². The van der Waals surface area contributed by atoms with Crippen LogP contribution < -0.4 is 0 Å². The number of hydrogen-bond acceptors (Lipinski definition) is 0. The maximum Gasteiger partial charge on any atom is 0.0810 e. The predicted octanol–water partition coefficient (Wildman–Crippen LogP) is 4.88. The normalized spacial score (nSPS) is 21.3. The minimum absolute atomic E-state index is 0.394. The monoisotopic (exact) mass is 240 g/mol. The molecular formula is C11H14ClPSi. The first kappa shape index (κ1) is 10.4. The van der Waals surface area contributed by atoms with Gasteiger partial charge < -0.3 is 0 Å². The summed E-state index contributed by atoms with van der Waals surface area (Å²) >= 11 is 6.36. The van der Waals surface area contributed by atoms with Gasteiger partial charge in [0.2, 0.25) is 0 Å². The Hall–Kier alpha value is -0.103. The summed E-state index contributed by atoms with van der Waals surface area (Å²) < 4.78 is 0. The summed E-state index contributed by atoms with van der Waals surface area (Å²) in [6.45, 7) is 7.11. The van der Waals surface area contributed by atoms with Gasteiger partial charge in [0.05, 0.1) is 8.07 Å². The fraction of sp³-hybridized carbons (Fsp3) is 0.273. The Bertz CT molecular complexity index is 378. The Kier molecular flexibility index (Phi) is 2.59. The van der Waals surface area contributed by atoms with Crippen LogP contribution in [-0.2, 0) is 0 Å². The third-order valence-electron chi connectivity index (χ3n) is 2.32. The standard InChI is InChI=1S/C11H14ClPSi/c1-14(2,3)11-10(13(11)12)9-7-5-4-6-8-9/h4-8H,1-3H3. The zero-order valence-electron chi connectivity index (χ0n) is 8.71. The molecule has 0 amide bonds. The lowest BCUT2D eigenvalue weighted by molar-refractivity contribution is 1.66. The quantitative estimate of drug-likeness (QED) is 0.510. The van der Waals surface area contributed by atoms with Crippen molar-refractivity contribution in [1.29, 1.82) is 0 Å². The van der Waals surface area contributed by atoms with E-state index in [1.807, 2.05) is 0 Å². The van der Waals surface area contributed by atoms with Crippen molar-refractivity contribution in [1.82, 2.24) is 0 Å². The largest absolute Gasteiger partial charge is 0.0866 e. The van der Waals surface area contributed by atoms with E-state index < -0.39 is 15.3 Å². The maximum atomic E-state index is 6.36. The van der Waals surface area contributed by atoms with E-state index in [2.05, 4.69) is 50.0 Å². The lowest BCUT2D eigenvalue weighted by Gasteiger charge is -2.09. The number of rotatable bonds is 2. The first-order chi connectivity index (χ1) is 6.52. The highest BCUT2D eigenvalue weighted by atomic mass is 35.7. The molecular weight excluding hydrogens is 227 g/mol. The van der Waals surface area contributed by atoms with Crippen LogP contribution in [0.25, 0.3) is 5.31 Å². The smallest absolute Gasteiger partial charge is 0.0810 e. The third-order valence-corrected chi connectivity index (χ3v) is 9.60. The van der Waals surface area contributed by atoms with Gasteiger partial charge >= 0.3 is 0 Å². The minimum atomic E-state index is -1.16. The molecule has 1 heterocycles. The highest BCUT2D eigenvalue weighted by Gasteiger charge is 2.43. The van der Waals surface area contributed by atoms with Gasteiger partial charge in [-0.1, -0.05) is 61.2 Å². The van der Waals surface area contributed by atoms with Gasteiger partial charge in [-0.2, -0.15) is 0 Å². The van der Waals surface area contributed by atoms with Crippen molar-refractivity contribution >= 4 is 31.9 Å². The molecule has 0 saturated heterocycles. The number of benzene rings is 1. The molecule has 14 heavy (non-hydrogen) atoms. The molecule has 0 bridgehead atoms. The van der Waals surface area contributed by atoms with Crippen molar-refractivity contribution < 1.29 is 0 Å². The van der Waals surface area contributed by atoms with Crippen molar-refractivity contribution in [3.63, 3.8) is 0 Å². The molecule has 3 heteroatoms. The molecule has 0 spiro atoms. The van der Waals surface area contributed by atoms with E-state index in [4.69, 9.17) is 11.2 Å². The van der Waals surface area contributed by atoms with Gasteiger partial charge in [-0.05, 0) is 10.5 Å². The Morgan fingerprint density at radius 1 is 1.07 bits per heavy atom. The second-order valence-electron chi connectivity index (χ2n) is 4.59. The molecule has 0 nitrogen and oxygen atoms in total. The molecule has 0 radical (unpaired) electrons. The van der Waals surface area contributed by atoms with Gasteiger partial charge in [0.25, 0.3) is 0 Å². The first-order valence-electron chi connectivity index (χ1n) is 4.78. The van der Waals surface area contributed by atoms with Gasteiger partial charge in [-0.3, -0.25) is 0 Å². The minimum Gasteiger partial charge on any atom is -0.0866 e. The van der Waals surface area contributed by atoms with Crippen molar-refractivity contribution in [3.05, 3.63) is 40.8 Å². The average molecular weight is 241 g/mol. The lowest BCUT2D eigenvalue weighted by Crippen LogP contribution is -2.17. The second kappa shape index (κ2) is 3.48. The van der Waals surface area contributed by atoms with E-state index in [1.54, 1.807) is 4.94 Å². The summed E-state index contributed by atoms with van der Waals surface area (Å²) in [5.74, 6) is 0. The van der Waals surface area contributed by atoms with Crippen LogP contribution in [0.15, 0.2) is 35.3 Å². The summed E-state index contributed by atoms with van der Waals surface area (Å²) in [5, 5.41) is 1.46. The van der Waals surface area contributed by atoms with Crippen LogP contribution in [-0.4, -0.2) is 8.07 Å². The summed E-state index contributed by atoms with van der Waals surface area (Å²) in [5.41, 5.74) is 1.34. The van der Waals surface area contributed by atoms with Crippen LogP contribution in [0.1, 0.15) is 5.56 Å². The average Bonchev–Trinajstić information content (AvgIpc) is 2.78. The van der Waals surface area contributed by atoms with E-state index in [0.29, 0.717) is 0 Å². The SMILES string of the molecule is C[Si](C)(C)C1=C(c2ccccc2)P1Cl. The number of hydrogen-bond donors (Lipinski definition) is 0. The summed E-state index contributed by atoms with van der Waals surface area (Å²) in [6.07, 6.45) is 0. The van der Waals surface area contributed by atoms with Crippen LogP contribution in [0.3, 0.4) is 0 Å².